The van der Waals surface area contributed by atoms with Gasteiger partial charge in [-0.05, 0) is 26.8 Å². The van der Waals surface area contributed by atoms with E-state index in [1.807, 2.05) is 31.7 Å². The molecule has 2 aliphatic rings. The highest BCUT2D eigenvalue weighted by atomic mass is 32.2. The van der Waals surface area contributed by atoms with Crippen molar-refractivity contribution in [3.8, 4) is 0 Å². The van der Waals surface area contributed by atoms with Gasteiger partial charge in [0.25, 0.3) is 0 Å². The van der Waals surface area contributed by atoms with Crippen molar-refractivity contribution >= 4 is 23.8 Å². The first kappa shape index (κ1) is 17.0. The third-order valence-electron chi connectivity index (χ3n) is 4.33. The number of thioether (sulfide) groups is 1. The lowest BCUT2D eigenvalue weighted by atomic mass is 9.92. The van der Waals surface area contributed by atoms with Crippen LogP contribution < -0.4 is 0 Å². The zero-order valence-electron chi connectivity index (χ0n) is 14.1. The van der Waals surface area contributed by atoms with Crippen LogP contribution in [0, 0.1) is 13.8 Å². The maximum Gasteiger partial charge on any atom is 0.509 e. The number of hydrogen-bond acceptors (Lipinski definition) is 7. The topological polar surface area (TPSA) is 81.6 Å². The minimum Gasteiger partial charge on any atom is -0.430 e. The molecule has 1 unspecified atom stereocenters. The molecule has 0 bridgehead atoms. The van der Waals surface area contributed by atoms with Crippen molar-refractivity contribution in [1.29, 1.82) is 0 Å². The number of aromatic nitrogens is 2. The number of amides is 1. The minimum absolute atomic E-state index is 0.0582. The Morgan fingerprint density at radius 1 is 1.29 bits per heavy atom. The van der Waals surface area contributed by atoms with E-state index in [2.05, 4.69) is 9.97 Å². The van der Waals surface area contributed by atoms with Crippen LogP contribution in [0.4, 0.5) is 4.79 Å². The first-order chi connectivity index (χ1) is 11.4. The molecule has 3 heterocycles. The van der Waals surface area contributed by atoms with Gasteiger partial charge in [0.15, 0.2) is 10.8 Å². The van der Waals surface area contributed by atoms with Crippen molar-refractivity contribution < 1.29 is 19.1 Å². The molecule has 1 aromatic heterocycles. The number of piperidine rings is 1. The molecule has 0 radical (unpaired) electrons. The average Bonchev–Trinajstić information content (AvgIpc) is 2.87. The molecule has 2 fully saturated rings. The molecule has 0 saturated carbocycles. The fraction of sp³-hybridized carbons (Fsp3) is 0.625. The largest absolute Gasteiger partial charge is 0.509 e. The van der Waals surface area contributed by atoms with Gasteiger partial charge < -0.3 is 14.4 Å². The molecule has 0 N–H and O–H groups in total. The number of carbonyl (C=O) groups is 2. The summed E-state index contributed by atoms with van der Waals surface area (Å²) in [7, 11) is 0. The quantitative estimate of drug-likeness (QED) is 0.468. The highest BCUT2D eigenvalue weighted by Crippen LogP contribution is 2.32. The predicted octanol–water partition coefficient (Wildman–Crippen LogP) is 2.10. The van der Waals surface area contributed by atoms with Crippen LogP contribution in [0.5, 0.6) is 0 Å². The van der Waals surface area contributed by atoms with Crippen molar-refractivity contribution in [2.24, 2.45) is 0 Å². The van der Waals surface area contributed by atoms with Crippen LogP contribution in [0.3, 0.4) is 0 Å². The fourth-order valence-electron chi connectivity index (χ4n) is 3.02. The van der Waals surface area contributed by atoms with Crippen molar-refractivity contribution in [2.75, 3.05) is 19.7 Å². The molecule has 1 amide bonds. The van der Waals surface area contributed by atoms with E-state index in [4.69, 9.17) is 9.47 Å². The van der Waals surface area contributed by atoms with Crippen LogP contribution in [0.25, 0.3) is 0 Å². The summed E-state index contributed by atoms with van der Waals surface area (Å²) in [4.78, 5) is 34.4. The van der Waals surface area contributed by atoms with Gasteiger partial charge in [0, 0.05) is 37.3 Å². The van der Waals surface area contributed by atoms with Crippen LogP contribution in [0.1, 0.15) is 31.2 Å². The molecule has 130 valence electrons. The lowest BCUT2D eigenvalue weighted by molar-refractivity contribution is -0.133. The molecule has 8 heteroatoms. The SMILES string of the molecule is Cc1cc(C)nc(SC(C)C(=O)N2CCC3(CC2)COC(=O)O3)n1. The standard InChI is InChI=1S/C16H21N3O4S/c1-10-8-11(2)18-14(17-10)24-12(3)13(20)19-6-4-16(5-7-19)9-22-15(21)23-16/h8,12H,4-7,9H2,1-3H3. The molecule has 2 aliphatic heterocycles. The molecule has 3 rings (SSSR count). The highest BCUT2D eigenvalue weighted by Gasteiger charge is 2.45. The van der Waals surface area contributed by atoms with Gasteiger partial charge in [-0.1, -0.05) is 11.8 Å². The summed E-state index contributed by atoms with van der Waals surface area (Å²) in [6.45, 7) is 7.12. The number of rotatable bonds is 3. The van der Waals surface area contributed by atoms with E-state index in [9.17, 15) is 9.59 Å². The Morgan fingerprint density at radius 2 is 1.92 bits per heavy atom. The Hall–Kier alpha value is -1.83. The van der Waals surface area contributed by atoms with E-state index in [0.29, 0.717) is 31.1 Å². The maximum atomic E-state index is 12.7. The molecular formula is C16H21N3O4S. The molecule has 24 heavy (non-hydrogen) atoms. The zero-order valence-corrected chi connectivity index (χ0v) is 14.9. The van der Waals surface area contributed by atoms with Gasteiger partial charge >= 0.3 is 6.16 Å². The van der Waals surface area contributed by atoms with Crippen LogP contribution in [0.2, 0.25) is 0 Å². The minimum atomic E-state index is -0.606. The zero-order chi connectivity index (χ0) is 17.3. The lowest BCUT2D eigenvalue weighted by Gasteiger charge is -2.37. The number of carbonyl (C=O) groups excluding carboxylic acids is 2. The van der Waals surface area contributed by atoms with Gasteiger partial charge in [0.1, 0.15) is 6.61 Å². The van der Waals surface area contributed by atoms with Crippen molar-refractivity contribution in [3.05, 3.63) is 17.5 Å². The van der Waals surface area contributed by atoms with Crippen molar-refractivity contribution in [2.45, 2.75) is 49.6 Å². The number of aryl methyl sites for hydroxylation is 2. The third kappa shape index (κ3) is 3.63. The summed E-state index contributed by atoms with van der Waals surface area (Å²) in [6.07, 6.45) is 0.620. The Labute approximate surface area is 145 Å². The summed E-state index contributed by atoms with van der Waals surface area (Å²) < 4.78 is 10.2. The van der Waals surface area contributed by atoms with Gasteiger partial charge in [-0.15, -0.1) is 0 Å². The number of cyclic esters (lactones) is 1. The van der Waals surface area contributed by atoms with E-state index in [-0.39, 0.29) is 17.8 Å². The summed E-state index contributed by atoms with van der Waals surface area (Å²) in [6, 6.07) is 1.91. The summed E-state index contributed by atoms with van der Waals surface area (Å²) >= 11 is 1.37. The first-order valence-corrected chi connectivity index (χ1v) is 8.88. The lowest BCUT2D eigenvalue weighted by Crippen LogP contribution is -2.49. The number of nitrogens with zero attached hydrogens (tertiary/aromatic N) is 3. The molecule has 1 atom stereocenters. The molecule has 7 nitrogen and oxygen atoms in total. The van der Waals surface area contributed by atoms with Gasteiger partial charge in [0.2, 0.25) is 5.91 Å². The Kier molecular flexibility index (Phi) is 4.67. The normalized spacial score (nSPS) is 20.6. The van der Waals surface area contributed by atoms with Crippen molar-refractivity contribution in [3.63, 3.8) is 0 Å². The fourth-order valence-corrected chi connectivity index (χ4v) is 3.98. The Morgan fingerprint density at radius 3 is 2.46 bits per heavy atom. The van der Waals surface area contributed by atoms with Crippen LogP contribution >= 0.6 is 11.8 Å². The predicted molar refractivity (Wildman–Crippen MR) is 87.8 cm³/mol. The van der Waals surface area contributed by atoms with Gasteiger partial charge in [-0.3, -0.25) is 4.79 Å². The van der Waals surface area contributed by atoms with E-state index in [1.54, 1.807) is 0 Å². The molecule has 1 spiro atoms. The van der Waals surface area contributed by atoms with Gasteiger partial charge in [-0.2, -0.15) is 0 Å². The van der Waals surface area contributed by atoms with Crippen LogP contribution in [-0.2, 0) is 14.3 Å². The Balaban J connectivity index is 1.57. The summed E-state index contributed by atoms with van der Waals surface area (Å²) in [5.41, 5.74) is 1.25. The number of likely N-dealkylation sites (tertiary alicyclic amines) is 1. The monoisotopic (exact) mass is 351 g/mol. The van der Waals surface area contributed by atoms with E-state index in [1.165, 1.54) is 11.8 Å². The average molecular weight is 351 g/mol. The second-order valence-corrected chi connectivity index (χ2v) is 7.65. The van der Waals surface area contributed by atoms with Crippen molar-refractivity contribution in [1.82, 2.24) is 14.9 Å². The second kappa shape index (κ2) is 6.58. The number of hydrogen-bond donors (Lipinski definition) is 0. The van der Waals surface area contributed by atoms with E-state index < -0.39 is 11.8 Å². The van der Waals surface area contributed by atoms with E-state index in [0.717, 1.165) is 11.4 Å². The second-order valence-electron chi connectivity index (χ2n) is 6.34. The van der Waals surface area contributed by atoms with Gasteiger partial charge in [-0.25, -0.2) is 14.8 Å². The molecular weight excluding hydrogens is 330 g/mol. The van der Waals surface area contributed by atoms with E-state index >= 15 is 0 Å². The van der Waals surface area contributed by atoms with Crippen LogP contribution in [0.15, 0.2) is 11.2 Å². The smallest absolute Gasteiger partial charge is 0.430 e. The maximum absolute atomic E-state index is 12.7. The molecule has 2 saturated heterocycles. The van der Waals surface area contributed by atoms with Crippen LogP contribution in [-0.4, -0.2) is 57.5 Å². The molecule has 0 aliphatic carbocycles. The Bertz CT molecular complexity index is 638. The first-order valence-electron chi connectivity index (χ1n) is 8.00. The van der Waals surface area contributed by atoms with Gasteiger partial charge in [0.05, 0.1) is 5.25 Å². The summed E-state index contributed by atoms with van der Waals surface area (Å²) in [5.74, 6) is 0.0582. The molecule has 0 aromatic carbocycles. The molecule has 1 aromatic rings. The number of ether oxygens (including phenoxy) is 2. The highest BCUT2D eigenvalue weighted by molar-refractivity contribution is 8.00. The third-order valence-corrected chi connectivity index (χ3v) is 5.28. The summed E-state index contributed by atoms with van der Waals surface area (Å²) in [5, 5.41) is 0.364.